The van der Waals surface area contributed by atoms with Gasteiger partial charge >= 0.3 is 5.97 Å². The van der Waals surface area contributed by atoms with E-state index in [0.717, 1.165) is 10.0 Å². The van der Waals surface area contributed by atoms with Crippen molar-refractivity contribution in [3.8, 4) is 0 Å². The lowest BCUT2D eigenvalue weighted by molar-refractivity contribution is -0.139. The number of halogens is 1. The van der Waals surface area contributed by atoms with E-state index in [9.17, 15) is 9.59 Å². The quantitative estimate of drug-likeness (QED) is 0.897. The number of hydrogen-bond donors (Lipinski definition) is 2. The van der Waals surface area contributed by atoms with Crippen LogP contribution in [0.4, 0.5) is 0 Å². The van der Waals surface area contributed by atoms with Crippen LogP contribution in [0.5, 0.6) is 0 Å². The van der Waals surface area contributed by atoms with Crippen molar-refractivity contribution in [3.63, 3.8) is 0 Å². The molecule has 2 N–H and O–H groups in total. The van der Waals surface area contributed by atoms with E-state index in [0.29, 0.717) is 12.0 Å². The number of hydrogen-bond acceptors (Lipinski definition) is 2. The molecule has 0 saturated heterocycles. The Morgan fingerprint density at radius 3 is 2.53 bits per heavy atom. The van der Waals surface area contributed by atoms with Crippen molar-refractivity contribution in [1.82, 2.24) is 5.32 Å². The Morgan fingerprint density at radius 1 is 1.41 bits per heavy atom. The number of carbonyl (C=O) groups is 2. The number of aliphatic carboxylic acids is 1. The van der Waals surface area contributed by atoms with Gasteiger partial charge in [-0.2, -0.15) is 0 Å². The molecule has 0 spiro atoms. The molecule has 0 bridgehead atoms. The third kappa shape index (κ3) is 3.85. The zero-order valence-electron chi connectivity index (χ0n) is 9.66. The summed E-state index contributed by atoms with van der Waals surface area (Å²) in [6, 6.07) is 4.42. The number of nitrogens with one attached hydrogen (secondary N) is 1. The van der Waals surface area contributed by atoms with Gasteiger partial charge in [0.1, 0.15) is 6.04 Å². The first-order valence-corrected chi connectivity index (χ1v) is 6.04. The van der Waals surface area contributed by atoms with Gasteiger partial charge in [0.05, 0.1) is 0 Å². The van der Waals surface area contributed by atoms with Gasteiger partial charge in [-0.25, -0.2) is 4.79 Å². The molecule has 1 atom stereocenters. The highest BCUT2D eigenvalue weighted by atomic mass is 79.9. The van der Waals surface area contributed by atoms with E-state index in [4.69, 9.17) is 5.11 Å². The molecule has 1 aromatic carbocycles. The van der Waals surface area contributed by atoms with E-state index >= 15 is 0 Å². The van der Waals surface area contributed by atoms with E-state index in [1.165, 1.54) is 0 Å². The molecule has 0 aliphatic heterocycles. The van der Waals surface area contributed by atoms with Crippen LogP contribution in [0, 0.1) is 6.92 Å². The molecule has 0 aliphatic rings. The van der Waals surface area contributed by atoms with E-state index in [1.54, 1.807) is 19.1 Å². The van der Waals surface area contributed by atoms with Gasteiger partial charge in [0.15, 0.2) is 0 Å². The van der Waals surface area contributed by atoms with Crippen molar-refractivity contribution in [2.75, 3.05) is 0 Å². The summed E-state index contributed by atoms with van der Waals surface area (Å²) in [6.07, 6.45) is 0.355. The summed E-state index contributed by atoms with van der Waals surface area (Å²) < 4.78 is 0.797. The van der Waals surface area contributed by atoms with Crippen molar-refractivity contribution in [3.05, 3.63) is 33.8 Å². The summed E-state index contributed by atoms with van der Waals surface area (Å²) in [6.45, 7) is 3.58. The van der Waals surface area contributed by atoms with Crippen molar-refractivity contribution < 1.29 is 14.7 Å². The molecule has 0 radical (unpaired) electrons. The minimum atomic E-state index is -1.02. The Bertz CT molecular complexity index is 425. The largest absolute Gasteiger partial charge is 0.480 e. The molecule has 1 amide bonds. The molecule has 0 aromatic heterocycles. The Kier molecular flexibility index (Phi) is 4.69. The highest BCUT2D eigenvalue weighted by Gasteiger charge is 2.18. The van der Waals surface area contributed by atoms with E-state index in [-0.39, 0.29) is 5.91 Å². The zero-order chi connectivity index (χ0) is 13.0. The predicted molar refractivity (Wildman–Crippen MR) is 68.1 cm³/mol. The van der Waals surface area contributed by atoms with Gasteiger partial charge < -0.3 is 10.4 Å². The third-order valence-corrected chi connectivity index (χ3v) is 2.77. The highest BCUT2D eigenvalue weighted by Crippen LogP contribution is 2.15. The molecule has 4 nitrogen and oxygen atoms in total. The van der Waals surface area contributed by atoms with Crippen molar-refractivity contribution >= 4 is 27.8 Å². The number of carboxylic acid groups (broad SMARTS) is 1. The molecule has 5 heteroatoms. The lowest BCUT2D eigenvalue weighted by atomic mass is 10.1. The minimum absolute atomic E-state index is 0.355. The van der Waals surface area contributed by atoms with Crippen molar-refractivity contribution in [2.45, 2.75) is 26.3 Å². The first-order valence-electron chi connectivity index (χ1n) is 5.25. The molecule has 0 unspecified atom stereocenters. The van der Waals surface area contributed by atoms with Crippen LogP contribution < -0.4 is 5.32 Å². The Balaban J connectivity index is 2.86. The summed E-state index contributed by atoms with van der Waals surface area (Å²) in [7, 11) is 0. The van der Waals surface area contributed by atoms with Crippen LogP contribution in [0.3, 0.4) is 0 Å². The minimum Gasteiger partial charge on any atom is -0.480 e. The second-order valence-corrected chi connectivity index (χ2v) is 4.71. The van der Waals surface area contributed by atoms with Crippen LogP contribution in [0.15, 0.2) is 22.7 Å². The molecule has 0 fully saturated rings. The van der Waals surface area contributed by atoms with Gasteiger partial charge in [0.25, 0.3) is 5.91 Å². The molecular formula is C12H14BrNO3. The average Bonchev–Trinajstić information content (AvgIpc) is 2.23. The molecule has 1 aromatic rings. The third-order valence-electron chi connectivity index (χ3n) is 2.32. The number of carboxylic acids is 1. The van der Waals surface area contributed by atoms with Crippen LogP contribution in [-0.4, -0.2) is 23.0 Å². The number of carbonyl (C=O) groups excluding carboxylic acids is 1. The molecule has 0 heterocycles. The molecule has 1 rings (SSSR count). The second kappa shape index (κ2) is 5.82. The van der Waals surface area contributed by atoms with Crippen molar-refractivity contribution in [1.29, 1.82) is 0 Å². The summed E-state index contributed by atoms with van der Waals surface area (Å²) in [5.41, 5.74) is 1.39. The normalized spacial score (nSPS) is 11.9. The lowest BCUT2D eigenvalue weighted by Crippen LogP contribution is -2.40. The monoisotopic (exact) mass is 299 g/mol. The van der Waals surface area contributed by atoms with Crippen LogP contribution in [0.1, 0.15) is 29.3 Å². The van der Waals surface area contributed by atoms with E-state index in [1.807, 2.05) is 13.0 Å². The summed E-state index contributed by atoms with van der Waals surface area (Å²) in [5, 5.41) is 11.3. The standard InChI is InChI=1S/C12H14BrNO3/c1-3-10(12(16)17)14-11(15)8-4-7(2)5-9(13)6-8/h4-6,10H,3H2,1-2H3,(H,14,15)(H,16,17)/t10-/m0/s1. The maximum Gasteiger partial charge on any atom is 0.326 e. The zero-order valence-corrected chi connectivity index (χ0v) is 11.2. The summed E-state index contributed by atoms with van der Waals surface area (Å²) >= 11 is 3.30. The van der Waals surface area contributed by atoms with Gasteiger partial charge in [0, 0.05) is 10.0 Å². The Labute approximate surface area is 108 Å². The number of amides is 1. The van der Waals surface area contributed by atoms with Crippen LogP contribution in [-0.2, 0) is 4.79 Å². The number of aryl methyl sites for hydroxylation is 1. The fourth-order valence-corrected chi connectivity index (χ4v) is 2.06. The number of rotatable bonds is 4. The maximum absolute atomic E-state index is 11.8. The van der Waals surface area contributed by atoms with Crippen molar-refractivity contribution in [2.24, 2.45) is 0 Å². The van der Waals surface area contributed by atoms with Gasteiger partial charge in [-0.05, 0) is 37.1 Å². The van der Waals surface area contributed by atoms with Crippen LogP contribution in [0.25, 0.3) is 0 Å². The first kappa shape index (κ1) is 13.7. The molecular weight excluding hydrogens is 286 g/mol. The first-order chi connectivity index (χ1) is 7.93. The predicted octanol–water partition coefficient (Wildman–Crippen LogP) is 2.35. The Morgan fingerprint density at radius 2 is 2.06 bits per heavy atom. The fraction of sp³-hybridized carbons (Fsp3) is 0.333. The summed E-state index contributed by atoms with van der Waals surface area (Å²) in [5.74, 6) is -1.39. The molecule has 92 valence electrons. The Hall–Kier alpha value is -1.36. The fourth-order valence-electron chi connectivity index (χ4n) is 1.45. The average molecular weight is 300 g/mol. The number of benzene rings is 1. The van der Waals surface area contributed by atoms with E-state index in [2.05, 4.69) is 21.2 Å². The molecule has 17 heavy (non-hydrogen) atoms. The van der Waals surface area contributed by atoms with Crippen LogP contribution in [0.2, 0.25) is 0 Å². The lowest BCUT2D eigenvalue weighted by Gasteiger charge is -2.12. The maximum atomic E-state index is 11.8. The molecule has 0 aliphatic carbocycles. The van der Waals surface area contributed by atoms with Gasteiger partial charge in [-0.15, -0.1) is 0 Å². The molecule has 0 saturated carbocycles. The second-order valence-electron chi connectivity index (χ2n) is 3.79. The van der Waals surface area contributed by atoms with E-state index < -0.39 is 12.0 Å². The topological polar surface area (TPSA) is 66.4 Å². The highest BCUT2D eigenvalue weighted by molar-refractivity contribution is 9.10. The smallest absolute Gasteiger partial charge is 0.326 e. The summed E-state index contributed by atoms with van der Waals surface area (Å²) in [4.78, 5) is 22.6. The van der Waals surface area contributed by atoms with Crippen LogP contribution >= 0.6 is 15.9 Å². The van der Waals surface area contributed by atoms with Gasteiger partial charge in [-0.3, -0.25) is 4.79 Å². The SMILES string of the molecule is CC[C@H](NC(=O)c1cc(C)cc(Br)c1)C(=O)O. The van der Waals surface area contributed by atoms with Gasteiger partial charge in [-0.1, -0.05) is 22.9 Å². The van der Waals surface area contributed by atoms with Gasteiger partial charge in [0.2, 0.25) is 0 Å².